The van der Waals surface area contributed by atoms with Gasteiger partial charge in [0.1, 0.15) is 5.84 Å². The molecule has 3 atom stereocenters. The summed E-state index contributed by atoms with van der Waals surface area (Å²) in [5.74, 6) is 1.33. The molecule has 1 aromatic heterocycles. The first-order valence-corrected chi connectivity index (χ1v) is 19.6. The number of amidine groups is 1. The van der Waals surface area contributed by atoms with Crippen molar-refractivity contribution in [1.29, 1.82) is 0 Å². The van der Waals surface area contributed by atoms with Gasteiger partial charge in [0, 0.05) is 27.8 Å². The number of aliphatic imine (C=N–C) groups is 1. The zero-order chi connectivity index (χ0) is 36.4. The summed E-state index contributed by atoms with van der Waals surface area (Å²) >= 11 is 0. The Balaban J connectivity index is 1.20. The van der Waals surface area contributed by atoms with Gasteiger partial charge in [0.05, 0.1) is 23.1 Å². The molecule has 10 rings (SSSR count). The Labute approximate surface area is 318 Å². The van der Waals surface area contributed by atoms with Gasteiger partial charge in [0.25, 0.3) is 0 Å². The van der Waals surface area contributed by atoms with Crippen LogP contribution in [0.4, 0.5) is 0 Å². The fraction of sp³-hybridized carbons (Fsp3) is 0.196. The summed E-state index contributed by atoms with van der Waals surface area (Å²) in [6.45, 7) is 7.13. The van der Waals surface area contributed by atoms with E-state index in [0.29, 0.717) is 0 Å². The molecule has 3 aliphatic rings. The summed E-state index contributed by atoms with van der Waals surface area (Å²) in [5, 5.41) is 6.51. The third kappa shape index (κ3) is 5.13. The van der Waals surface area contributed by atoms with Crippen molar-refractivity contribution < 1.29 is 0 Å². The Morgan fingerprint density at radius 1 is 0.722 bits per heavy atom. The van der Waals surface area contributed by atoms with Crippen LogP contribution in [-0.4, -0.2) is 10.4 Å². The monoisotopic (exact) mass is 699 g/mol. The van der Waals surface area contributed by atoms with Crippen molar-refractivity contribution in [2.45, 2.75) is 57.5 Å². The first-order chi connectivity index (χ1) is 26.5. The summed E-state index contributed by atoms with van der Waals surface area (Å²) in [6.07, 6.45) is 9.75. The summed E-state index contributed by atoms with van der Waals surface area (Å²) in [7, 11) is 0. The molecule has 6 aromatic carbocycles. The molecule has 1 N–H and O–H groups in total. The number of allylic oxidation sites excluding steroid dienone is 3. The van der Waals surface area contributed by atoms with Crippen LogP contribution in [0.15, 0.2) is 168 Å². The van der Waals surface area contributed by atoms with Crippen LogP contribution >= 0.6 is 0 Å². The molecule has 3 unspecified atom stereocenters. The Kier molecular flexibility index (Phi) is 7.80. The minimum Gasteiger partial charge on any atom is -0.363 e. The zero-order valence-electron chi connectivity index (χ0n) is 31.3. The van der Waals surface area contributed by atoms with Gasteiger partial charge in [-0.05, 0) is 93.6 Å². The summed E-state index contributed by atoms with van der Waals surface area (Å²) < 4.78 is 2.56. The molecule has 0 fully saturated rings. The molecule has 0 radical (unpaired) electrons. The lowest BCUT2D eigenvalue weighted by Gasteiger charge is -2.39. The van der Waals surface area contributed by atoms with Gasteiger partial charge >= 0.3 is 0 Å². The van der Waals surface area contributed by atoms with E-state index in [2.05, 4.69) is 188 Å². The minimum atomic E-state index is -0.163. The van der Waals surface area contributed by atoms with E-state index >= 15 is 0 Å². The average Bonchev–Trinajstić information content (AvgIpc) is 3.69. The van der Waals surface area contributed by atoms with Crippen molar-refractivity contribution >= 4 is 27.6 Å². The third-order valence-corrected chi connectivity index (χ3v) is 12.4. The predicted octanol–water partition coefficient (Wildman–Crippen LogP) is 12.8. The van der Waals surface area contributed by atoms with E-state index in [1.54, 1.807) is 0 Å². The highest BCUT2D eigenvalue weighted by Crippen LogP contribution is 2.53. The van der Waals surface area contributed by atoms with Gasteiger partial charge in [-0.2, -0.15) is 0 Å². The van der Waals surface area contributed by atoms with Crippen molar-refractivity contribution in [3.05, 3.63) is 186 Å². The minimum absolute atomic E-state index is 0.00685. The van der Waals surface area contributed by atoms with Crippen LogP contribution in [0, 0.1) is 5.92 Å². The van der Waals surface area contributed by atoms with Crippen LogP contribution in [-0.2, 0) is 5.41 Å². The topological polar surface area (TPSA) is 29.3 Å². The van der Waals surface area contributed by atoms with Crippen molar-refractivity contribution in [3.8, 4) is 27.9 Å². The summed E-state index contributed by atoms with van der Waals surface area (Å²) in [5.41, 5.74) is 15.4. The smallest absolute Gasteiger partial charge is 0.125 e. The van der Waals surface area contributed by atoms with Crippen LogP contribution in [0.2, 0.25) is 0 Å². The first-order valence-electron chi connectivity index (χ1n) is 19.6. The summed E-state index contributed by atoms with van der Waals surface area (Å²) in [6, 6.07) is 52.0. The number of nitrogens with one attached hydrogen (secondary N) is 1. The molecule has 3 heteroatoms. The lowest BCUT2D eigenvalue weighted by atomic mass is 9.80. The number of fused-ring (bicyclic) bond motifs is 7. The van der Waals surface area contributed by atoms with Crippen molar-refractivity contribution in [3.63, 3.8) is 0 Å². The SMILES string of the molecule is CCC1C(c2cccc(-n3c4ccc(-c5ccccc5)cc4c4ccc5c(c43)C(C)(C)c3ccccc3-5)c2)N=C(C2=CC=CCC2)NC1c1ccccc1. The number of rotatable bonds is 6. The van der Waals surface area contributed by atoms with E-state index < -0.39 is 0 Å². The van der Waals surface area contributed by atoms with E-state index in [9.17, 15) is 0 Å². The van der Waals surface area contributed by atoms with Gasteiger partial charge < -0.3 is 9.88 Å². The average molecular weight is 700 g/mol. The molecule has 1 aliphatic heterocycles. The lowest BCUT2D eigenvalue weighted by molar-refractivity contribution is 0.310. The zero-order valence-corrected chi connectivity index (χ0v) is 31.3. The fourth-order valence-electron chi connectivity index (χ4n) is 9.74. The molecule has 0 amide bonds. The molecule has 0 bridgehead atoms. The Morgan fingerprint density at radius 3 is 2.30 bits per heavy atom. The molecule has 2 aliphatic carbocycles. The molecular formula is C51H45N3. The number of hydrogen-bond acceptors (Lipinski definition) is 2. The third-order valence-electron chi connectivity index (χ3n) is 12.4. The van der Waals surface area contributed by atoms with E-state index in [0.717, 1.165) is 25.1 Å². The normalized spacial score (nSPS) is 19.9. The number of nitrogens with zero attached hydrogens (tertiary/aromatic N) is 2. The molecule has 0 spiro atoms. The second-order valence-corrected chi connectivity index (χ2v) is 15.8. The van der Waals surface area contributed by atoms with Gasteiger partial charge in [-0.3, -0.25) is 4.99 Å². The van der Waals surface area contributed by atoms with Gasteiger partial charge in [0.2, 0.25) is 0 Å². The highest BCUT2D eigenvalue weighted by atomic mass is 15.1. The van der Waals surface area contributed by atoms with Gasteiger partial charge in [-0.15, -0.1) is 0 Å². The van der Waals surface area contributed by atoms with Gasteiger partial charge in [-0.25, -0.2) is 0 Å². The molecule has 2 heterocycles. The van der Waals surface area contributed by atoms with Crippen LogP contribution in [0.25, 0.3) is 49.7 Å². The second-order valence-electron chi connectivity index (χ2n) is 15.8. The van der Waals surface area contributed by atoms with E-state index in [4.69, 9.17) is 4.99 Å². The highest BCUT2D eigenvalue weighted by molar-refractivity contribution is 6.14. The molecule has 0 saturated carbocycles. The maximum atomic E-state index is 5.60. The molecule has 54 heavy (non-hydrogen) atoms. The van der Waals surface area contributed by atoms with Crippen LogP contribution < -0.4 is 5.32 Å². The quantitative estimate of drug-likeness (QED) is 0.184. The number of aromatic nitrogens is 1. The Morgan fingerprint density at radius 2 is 1.50 bits per heavy atom. The van der Waals surface area contributed by atoms with Crippen LogP contribution in [0.3, 0.4) is 0 Å². The molecule has 264 valence electrons. The first kappa shape index (κ1) is 32.7. The number of benzene rings is 6. The predicted molar refractivity (Wildman–Crippen MR) is 227 cm³/mol. The van der Waals surface area contributed by atoms with Crippen molar-refractivity contribution in [2.24, 2.45) is 10.9 Å². The fourth-order valence-corrected chi connectivity index (χ4v) is 9.74. The van der Waals surface area contributed by atoms with Crippen LogP contribution in [0.1, 0.15) is 74.4 Å². The maximum absolute atomic E-state index is 5.60. The number of hydrogen-bond donors (Lipinski definition) is 1. The van der Waals surface area contributed by atoms with Gasteiger partial charge in [-0.1, -0.05) is 154 Å². The van der Waals surface area contributed by atoms with Crippen molar-refractivity contribution in [1.82, 2.24) is 9.88 Å². The highest BCUT2D eigenvalue weighted by Gasteiger charge is 2.39. The van der Waals surface area contributed by atoms with Gasteiger partial charge in [0.15, 0.2) is 0 Å². The molecule has 3 nitrogen and oxygen atoms in total. The molecular weight excluding hydrogens is 655 g/mol. The largest absolute Gasteiger partial charge is 0.363 e. The van der Waals surface area contributed by atoms with E-state index in [1.165, 1.54) is 77.6 Å². The van der Waals surface area contributed by atoms with Crippen LogP contribution in [0.5, 0.6) is 0 Å². The second kappa shape index (κ2) is 12.9. The van der Waals surface area contributed by atoms with E-state index in [-0.39, 0.29) is 23.4 Å². The maximum Gasteiger partial charge on any atom is 0.125 e. The standard InChI is InChI=1S/C51H45N3/c1-4-39-47(34-19-10-6-11-20-34)52-50(35-21-12-7-13-22-35)53-48(39)37-23-16-24-38(31-37)54-45-30-27-36(33-17-8-5-9-18-33)32-43(45)42-29-28-41-40-25-14-15-26-44(40)51(2,3)46(41)49(42)54/h5-12,14-21,23-32,39,47-48H,4,13,22H2,1-3H3,(H,52,53). The molecule has 7 aromatic rings. The Bertz CT molecular complexity index is 2660. The van der Waals surface area contributed by atoms with Crippen molar-refractivity contribution in [2.75, 3.05) is 0 Å². The lowest BCUT2D eigenvalue weighted by Crippen LogP contribution is -2.41. The summed E-state index contributed by atoms with van der Waals surface area (Å²) in [4.78, 5) is 5.60. The Hall–Kier alpha value is -5.93. The molecule has 0 saturated heterocycles. The van der Waals surface area contributed by atoms with E-state index in [1.807, 2.05) is 0 Å².